The highest BCUT2D eigenvalue weighted by atomic mass is 16.3. The van der Waals surface area contributed by atoms with Crippen LogP contribution in [0.3, 0.4) is 0 Å². The van der Waals surface area contributed by atoms with Crippen molar-refractivity contribution in [3.05, 3.63) is 71.8 Å². The summed E-state index contributed by atoms with van der Waals surface area (Å²) in [6, 6.07) is 20.1. The third-order valence-electron chi connectivity index (χ3n) is 4.79. The molecular weight excluding hydrogens is 286 g/mol. The minimum absolute atomic E-state index is 0.0443. The molecule has 2 aromatic rings. The van der Waals surface area contributed by atoms with Crippen molar-refractivity contribution in [1.29, 1.82) is 0 Å². The molecule has 23 heavy (non-hydrogen) atoms. The molecule has 1 amide bonds. The number of carbonyl (C=O) groups is 1. The predicted octanol–water partition coefficient (Wildman–Crippen LogP) is 2.96. The number of fused-ring (bicyclic) bond motifs is 1. The first-order valence-electron chi connectivity index (χ1n) is 8.07. The molecule has 1 N–H and O–H groups in total. The number of hydrogen-bond acceptors (Lipinski definition) is 2. The van der Waals surface area contributed by atoms with Gasteiger partial charge in [-0.2, -0.15) is 0 Å². The van der Waals surface area contributed by atoms with Gasteiger partial charge in [0.25, 0.3) is 5.91 Å². The van der Waals surface area contributed by atoms with Crippen LogP contribution < -0.4 is 0 Å². The lowest BCUT2D eigenvalue weighted by Crippen LogP contribution is -2.40. The summed E-state index contributed by atoms with van der Waals surface area (Å²) in [6.07, 6.45) is 1.07. The molecular formula is C20H19NO2. The average Bonchev–Trinajstić information content (AvgIpc) is 2.97. The van der Waals surface area contributed by atoms with Crippen LogP contribution >= 0.6 is 0 Å². The summed E-state index contributed by atoms with van der Waals surface area (Å²) >= 11 is 0. The molecule has 0 unspecified atom stereocenters. The number of hydrogen-bond donors (Lipinski definition) is 1. The standard InChI is InChI=1S/C20H19NO2/c22-17-11-16-12-18(14-7-3-1-4-8-14)19(20(23)21(16)13-17)15-9-5-2-6-10-15/h1-10,16-17,22H,11-13H2/t16-,17+/m0/s1. The van der Waals surface area contributed by atoms with Crippen LogP contribution in [0.1, 0.15) is 24.0 Å². The van der Waals surface area contributed by atoms with E-state index >= 15 is 0 Å². The zero-order chi connectivity index (χ0) is 15.8. The molecule has 4 rings (SSSR count). The monoisotopic (exact) mass is 305 g/mol. The Morgan fingerprint density at radius 1 is 0.913 bits per heavy atom. The van der Waals surface area contributed by atoms with Crippen molar-refractivity contribution in [3.8, 4) is 0 Å². The Kier molecular flexibility index (Phi) is 3.50. The van der Waals surface area contributed by atoms with E-state index in [0.717, 1.165) is 28.7 Å². The lowest BCUT2D eigenvalue weighted by molar-refractivity contribution is -0.126. The summed E-state index contributed by atoms with van der Waals surface area (Å²) in [7, 11) is 0. The van der Waals surface area contributed by atoms with Gasteiger partial charge in [-0.3, -0.25) is 4.79 Å². The van der Waals surface area contributed by atoms with Crippen LogP contribution in [0.2, 0.25) is 0 Å². The molecule has 116 valence electrons. The fourth-order valence-electron chi connectivity index (χ4n) is 3.75. The number of rotatable bonds is 2. The van der Waals surface area contributed by atoms with Gasteiger partial charge in [0.05, 0.1) is 11.7 Å². The summed E-state index contributed by atoms with van der Waals surface area (Å²) in [5, 5.41) is 9.98. The minimum Gasteiger partial charge on any atom is -0.391 e. The summed E-state index contributed by atoms with van der Waals surface area (Å²) in [5.74, 6) is 0.0443. The van der Waals surface area contributed by atoms with Gasteiger partial charge in [0.15, 0.2) is 0 Å². The van der Waals surface area contributed by atoms with E-state index in [2.05, 4.69) is 12.1 Å². The van der Waals surface area contributed by atoms with Crippen molar-refractivity contribution in [3.63, 3.8) is 0 Å². The predicted molar refractivity (Wildman–Crippen MR) is 90.4 cm³/mol. The molecule has 1 saturated heterocycles. The molecule has 2 atom stereocenters. The normalized spacial score (nSPS) is 24.0. The molecule has 3 heteroatoms. The van der Waals surface area contributed by atoms with Crippen LogP contribution in [0.15, 0.2) is 60.7 Å². The lowest BCUT2D eigenvalue weighted by atomic mass is 9.85. The van der Waals surface area contributed by atoms with Crippen molar-refractivity contribution < 1.29 is 9.90 Å². The van der Waals surface area contributed by atoms with Gasteiger partial charge >= 0.3 is 0 Å². The number of amides is 1. The third kappa shape index (κ3) is 2.47. The van der Waals surface area contributed by atoms with Gasteiger partial charge in [-0.25, -0.2) is 0 Å². The smallest absolute Gasteiger partial charge is 0.255 e. The maximum Gasteiger partial charge on any atom is 0.255 e. The number of aliphatic hydroxyl groups excluding tert-OH is 1. The zero-order valence-electron chi connectivity index (χ0n) is 12.9. The van der Waals surface area contributed by atoms with Crippen LogP contribution in [0.4, 0.5) is 0 Å². The highest BCUT2D eigenvalue weighted by Gasteiger charge is 2.41. The molecule has 2 aliphatic heterocycles. The number of aliphatic hydroxyl groups is 1. The Morgan fingerprint density at radius 3 is 2.17 bits per heavy atom. The molecule has 0 aromatic heterocycles. The fraction of sp³-hybridized carbons (Fsp3) is 0.250. The quantitative estimate of drug-likeness (QED) is 0.926. The lowest BCUT2D eigenvalue weighted by Gasteiger charge is -2.33. The van der Waals surface area contributed by atoms with E-state index in [1.165, 1.54) is 0 Å². The summed E-state index contributed by atoms with van der Waals surface area (Å²) in [4.78, 5) is 14.9. The molecule has 2 heterocycles. The Hall–Kier alpha value is -2.39. The van der Waals surface area contributed by atoms with Crippen molar-refractivity contribution >= 4 is 17.1 Å². The van der Waals surface area contributed by atoms with Crippen LogP contribution in [-0.4, -0.2) is 34.6 Å². The van der Waals surface area contributed by atoms with Crippen LogP contribution in [0, 0.1) is 0 Å². The second-order valence-corrected chi connectivity index (χ2v) is 6.29. The van der Waals surface area contributed by atoms with Gasteiger partial charge in [-0.05, 0) is 29.5 Å². The summed E-state index contributed by atoms with van der Waals surface area (Å²) < 4.78 is 0. The highest BCUT2D eigenvalue weighted by Crippen LogP contribution is 2.40. The minimum atomic E-state index is -0.406. The molecule has 0 saturated carbocycles. The topological polar surface area (TPSA) is 40.5 Å². The number of benzene rings is 2. The molecule has 1 fully saturated rings. The summed E-state index contributed by atoms with van der Waals surface area (Å²) in [6.45, 7) is 0.446. The SMILES string of the molecule is O=C1C(c2ccccc2)=C(c2ccccc2)C[C@@H]2C[C@@H](O)CN12. The van der Waals surface area contributed by atoms with Gasteiger partial charge in [-0.15, -0.1) is 0 Å². The van der Waals surface area contributed by atoms with E-state index in [1.807, 2.05) is 53.4 Å². The van der Waals surface area contributed by atoms with Gasteiger partial charge in [0.2, 0.25) is 0 Å². The van der Waals surface area contributed by atoms with Gasteiger partial charge in [0.1, 0.15) is 0 Å². The second kappa shape index (κ2) is 5.67. The third-order valence-corrected chi connectivity index (χ3v) is 4.79. The first kappa shape index (κ1) is 14.2. The molecule has 0 spiro atoms. The molecule has 0 radical (unpaired) electrons. The van der Waals surface area contributed by atoms with Crippen molar-refractivity contribution in [1.82, 2.24) is 4.90 Å². The van der Waals surface area contributed by atoms with Gasteiger partial charge in [-0.1, -0.05) is 60.7 Å². The molecule has 0 aliphatic carbocycles. The Bertz CT molecular complexity index is 752. The maximum atomic E-state index is 13.1. The van der Waals surface area contributed by atoms with E-state index in [-0.39, 0.29) is 11.9 Å². The highest BCUT2D eigenvalue weighted by molar-refractivity contribution is 6.28. The summed E-state index contributed by atoms with van der Waals surface area (Å²) in [5.41, 5.74) is 3.93. The van der Waals surface area contributed by atoms with Gasteiger partial charge in [0, 0.05) is 12.6 Å². The number of nitrogens with zero attached hydrogens (tertiary/aromatic N) is 1. The Balaban J connectivity index is 1.88. The maximum absolute atomic E-state index is 13.1. The van der Waals surface area contributed by atoms with E-state index in [0.29, 0.717) is 13.0 Å². The molecule has 3 nitrogen and oxygen atoms in total. The van der Waals surface area contributed by atoms with E-state index < -0.39 is 6.10 Å². The first-order chi connectivity index (χ1) is 11.2. The van der Waals surface area contributed by atoms with Crippen LogP contribution in [-0.2, 0) is 4.79 Å². The zero-order valence-corrected chi connectivity index (χ0v) is 12.9. The Labute approximate surface area is 135 Å². The van der Waals surface area contributed by atoms with Crippen molar-refractivity contribution in [2.75, 3.05) is 6.54 Å². The fourth-order valence-corrected chi connectivity index (χ4v) is 3.75. The van der Waals surface area contributed by atoms with Crippen LogP contribution in [0.25, 0.3) is 11.1 Å². The second-order valence-electron chi connectivity index (χ2n) is 6.29. The largest absolute Gasteiger partial charge is 0.391 e. The van der Waals surface area contributed by atoms with E-state index in [4.69, 9.17) is 0 Å². The number of carbonyl (C=O) groups excluding carboxylic acids is 1. The van der Waals surface area contributed by atoms with E-state index in [9.17, 15) is 9.90 Å². The molecule has 2 aliphatic rings. The van der Waals surface area contributed by atoms with Crippen molar-refractivity contribution in [2.45, 2.75) is 25.0 Å². The molecule has 2 aromatic carbocycles. The first-order valence-corrected chi connectivity index (χ1v) is 8.07. The van der Waals surface area contributed by atoms with Crippen LogP contribution in [0.5, 0.6) is 0 Å². The molecule has 0 bridgehead atoms. The van der Waals surface area contributed by atoms with E-state index in [1.54, 1.807) is 0 Å². The Morgan fingerprint density at radius 2 is 1.52 bits per heavy atom. The van der Waals surface area contributed by atoms with Crippen molar-refractivity contribution in [2.24, 2.45) is 0 Å². The average molecular weight is 305 g/mol. The van der Waals surface area contributed by atoms with Gasteiger partial charge < -0.3 is 10.0 Å².